The van der Waals surface area contributed by atoms with Crippen molar-refractivity contribution in [1.29, 1.82) is 0 Å². The molecule has 282 valence electrons. The predicted octanol–water partition coefficient (Wildman–Crippen LogP) is -1.49. The molecule has 0 spiro atoms. The number of fused-ring (bicyclic) bond motifs is 1. The standard InChI is InChI=1S/C36H47N11O6/c37-35(38)41-15-3-7-26-31(50)43-20-30(49)44-27(8-4-16-42-36(39)40)32(51)46-28(18-21-10-13-25(48)14-11-21)34(53)47-29(33(52)45-26)19-22-9-12-23-5-1-2-6-24(23)17-22/h1-2,5-6,9-14,17,26-29,48H,3-4,7-8,15-16,18-20H2,(H,43,50)(H,44,49)(H,45,52)(H,46,51)(H,47,53)(H4,37,38,41)(H4,39,40,42)/t26-,27-,28+,29-/m0/s1. The predicted molar refractivity (Wildman–Crippen MR) is 200 cm³/mol. The summed E-state index contributed by atoms with van der Waals surface area (Å²) >= 11 is 0. The molecule has 5 amide bonds. The molecular weight excluding hydrogens is 682 g/mol. The zero-order valence-corrected chi connectivity index (χ0v) is 29.2. The third-order valence-corrected chi connectivity index (χ3v) is 8.49. The molecular formula is C36H47N11O6. The first-order valence-electron chi connectivity index (χ1n) is 17.2. The monoisotopic (exact) mass is 729 g/mol. The highest BCUT2D eigenvalue weighted by Crippen LogP contribution is 2.18. The van der Waals surface area contributed by atoms with Crippen LogP contribution >= 0.6 is 0 Å². The smallest absolute Gasteiger partial charge is 0.243 e. The lowest BCUT2D eigenvalue weighted by Crippen LogP contribution is -2.58. The number of aliphatic imine (C=N–C) groups is 2. The second-order valence-electron chi connectivity index (χ2n) is 12.7. The van der Waals surface area contributed by atoms with Crippen molar-refractivity contribution in [2.24, 2.45) is 32.9 Å². The van der Waals surface area contributed by atoms with Gasteiger partial charge in [0.25, 0.3) is 0 Å². The van der Waals surface area contributed by atoms with Crippen molar-refractivity contribution in [2.75, 3.05) is 19.6 Å². The van der Waals surface area contributed by atoms with Crippen LogP contribution in [0.3, 0.4) is 0 Å². The zero-order valence-electron chi connectivity index (χ0n) is 29.2. The maximum atomic E-state index is 14.1. The fraction of sp³-hybridized carbons (Fsp3) is 0.361. The molecule has 4 atom stereocenters. The Morgan fingerprint density at radius 1 is 0.604 bits per heavy atom. The number of phenols is 1. The number of phenolic OH excluding ortho intramolecular Hbond substituents is 1. The van der Waals surface area contributed by atoms with Crippen LogP contribution in [0, 0.1) is 0 Å². The minimum atomic E-state index is -1.23. The van der Waals surface area contributed by atoms with Gasteiger partial charge in [-0.25, -0.2) is 0 Å². The van der Waals surface area contributed by atoms with E-state index in [1.807, 2.05) is 42.5 Å². The van der Waals surface area contributed by atoms with Crippen LogP contribution < -0.4 is 49.5 Å². The van der Waals surface area contributed by atoms with E-state index in [1.54, 1.807) is 12.1 Å². The minimum absolute atomic E-state index is 0.0102. The normalized spacial score (nSPS) is 20.0. The van der Waals surface area contributed by atoms with Crippen LogP contribution in [0.2, 0.25) is 0 Å². The van der Waals surface area contributed by atoms with E-state index in [1.165, 1.54) is 12.1 Å². The number of aromatic hydroxyl groups is 1. The van der Waals surface area contributed by atoms with Crippen LogP contribution in [0.1, 0.15) is 36.8 Å². The van der Waals surface area contributed by atoms with Crippen molar-refractivity contribution in [3.05, 3.63) is 77.9 Å². The Balaban J connectivity index is 1.70. The summed E-state index contributed by atoms with van der Waals surface area (Å²) in [6, 6.07) is 14.7. The summed E-state index contributed by atoms with van der Waals surface area (Å²) in [6.45, 7) is -0.165. The van der Waals surface area contributed by atoms with Crippen molar-refractivity contribution in [2.45, 2.75) is 62.7 Å². The van der Waals surface area contributed by atoms with E-state index in [2.05, 4.69) is 36.6 Å². The SMILES string of the molecule is NC(N)=NCCC[C@@H]1NC(=O)CNC(=O)[C@H](CCCN=C(N)N)NC(=O)[C@H](Cc2ccc3ccccc3c2)NC(=O)[C@@H](Cc2ccc(O)cc2)NC1=O. The van der Waals surface area contributed by atoms with Gasteiger partial charge in [0.2, 0.25) is 29.5 Å². The van der Waals surface area contributed by atoms with Gasteiger partial charge in [0, 0.05) is 25.9 Å². The third kappa shape index (κ3) is 12.7. The molecule has 14 N–H and O–H groups in total. The summed E-state index contributed by atoms with van der Waals surface area (Å²) in [7, 11) is 0. The van der Waals surface area contributed by atoms with Crippen molar-refractivity contribution < 1.29 is 29.1 Å². The summed E-state index contributed by atoms with van der Waals surface area (Å²) < 4.78 is 0. The van der Waals surface area contributed by atoms with E-state index >= 15 is 0 Å². The molecule has 1 fully saturated rings. The Bertz CT molecular complexity index is 1820. The zero-order chi connectivity index (χ0) is 38.3. The Hall–Kier alpha value is -6.39. The van der Waals surface area contributed by atoms with Gasteiger partial charge in [-0.2, -0.15) is 0 Å². The molecule has 0 aliphatic carbocycles. The highest BCUT2D eigenvalue weighted by molar-refractivity contribution is 5.97. The lowest BCUT2D eigenvalue weighted by Gasteiger charge is -2.26. The number of benzene rings is 3. The fourth-order valence-corrected chi connectivity index (χ4v) is 5.79. The van der Waals surface area contributed by atoms with Gasteiger partial charge in [0.15, 0.2) is 11.9 Å². The number of hydrogen-bond acceptors (Lipinski definition) is 8. The largest absolute Gasteiger partial charge is 0.508 e. The lowest BCUT2D eigenvalue weighted by atomic mass is 9.99. The van der Waals surface area contributed by atoms with Crippen LogP contribution in [0.4, 0.5) is 0 Å². The molecule has 3 aromatic carbocycles. The molecule has 17 heteroatoms. The number of guanidine groups is 2. The fourth-order valence-electron chi connectivity index (χ4n) is 5.79. The van der Waals surface area contributed by atoms with Crippen molar-refractivity contribution in [1.82, 2.24) is 26.6 Å². The van der Waals surface area contributed by atoms with E-state index in [0.717, 1.165) is 16.3 Å². The molecule has 1 heterocycles. The Morgan fingerprint density at radius 2 is 1.09 bits per heavy atom. The molecule has 1 aliphatic rings. The van der Waals surface area contributed by atoms with Crippen molar-refractivity contribution in [3.8, 4) is 5.75 Å². The van der Waals surface area contributed by atoms with E-state index in [9.17, 15) is 29.1 Å². The number of hydrogen-bond donors (Lipinski definition) is 10. The molecule has 1 saturated heterocycles. The maximum absolute atomic E-state index is 14.1. The van der Waals surface area contributed by atoms with Crippen molar-refractivity contribution >= 4 is 52.2 Å². The molecule has 1 aliphatic heterocycles. The van der Waals surface area contributed by atoms with Gasteiger partial charge < -0.3 is 54.6 Å². The maximum Gasteiger partial charge on any atom is 0.243 e. The average Bonchev–Trinajstić information content (AvgIpc) is 3.12. The molecule has 0 bridgehead atoms. The Labute approximate surface area is 306 Å². The molecule has 0 aromatic heterocycles. The van der Waals surface area contributed by atoms with Crippen LogP contribution in [-0.4, -0.2) is 90.4 Å². The molecule has 0 unspecified atom stereocenters. The summed E-state index contributed by atoms with van der Waals surface area (Å²) in [5.41, 5.74) is 23.1. The van der Waals surface area contributed by atoms with Crippen LogP contribution in [0.25, 0.3) is 10.8 Å². The van der Waals surface area contributed by atoms with Crippen LogP contribution in [-0.2, 0) is 36.8 Å². The second kappa shape index (κ2) is 19.3. The van der Waals surface area contributed by atoms with Crippen LogP contribution in [0.15, 0.2) is 76.7 Å². The van der Waals surface area contributed by atoms with Gasteiger partial charge in [-0.3, -0.25) is 34.0 Å². The van der Waals surface area contributed by atoms with E-state index < -0.39 is 60.2 Å². The summed E-state index contributed by atoms with van der Waals surface area (Å²) in [5, 5.41) is 25.2. The molecule has 53 heavy (non-hydrogen) atoms. The number of carbonyl (C=O) groups excluding carboxylic acids is 5. The first-order chi connectivity index (χ1) is 25.4. The number of nitrogens with one attached hydrogen (secondary N) is 5. The highest BCUT2D eigenvalue weighted by Gasteiger charge is 2.32. The molecule has 4 rings (SSSR count). The van der Waals surface area contributed by atoms with Crippen molar-refractivity contribution in [3.63, 3.8) is 0 Å². The molecule has 0 radical (unpaired) electrons. The summed E-state index contributed by atoms with van der Waals surface area (Å²) in [4.78, 5) is 76.3. The average molecular weight is 730 g/mol. The minimum Gasteiger partial charge on any atom is -0.508 e. The molecule has 0 saturated carbocycles. The second-order valence-corrected chi connectivity index (χ2v) is 12.7. The van der Waals surface area contributed by atoms with E-state index in [4.69, 9.17) is 22.9 Å². The first kappa shape index (κ1) is 39.4. The van der Waals surface area contributed by atoms with Gasteiger partial charge in [0.05, 0.1) is 6.54 Å². The number of rotatable bonds is 12. The lowest BCUT2D eigenvalue weighted by molar-refractivity contribution is -0.134. The number of nitrogens with two attached hydrogens (primary N) is 4. The van der Waals surface area contributed by atoms with E-state index in [-0.39, 0.29) is 56.4 Å². The first-order valence-corrected chi connectivity index (χ1v) is 17.2. The van der Waals surface area contributed by atoms with Gasteiger partial charge in [0.1, 0.15) is 29.9 Å². The number of nitrogens with zero attached hydrogens (tertiary/aromatic N) is 2. The highest BCUT2D eigenvalue weighted by atomic mass is 16.3. The van der Waals surface area contributed by atoms with Gasteiger partial charge >= 0.3 is 0 Å². The number of carbonyl (C=O) groups is 5. The quantitative estimate of drug-likeness (QED) is 0.0585. The number of amides is 5. The molecule has 17 nitrogen and oxygen atoms in total. The third-order valence-electron chi connectivity index (χ3n) is 8.49. The summed E-state index contributed by atoms with van der Waals surface area (Å²) in [6.07, 6.45) is 0.802. The Kier molecular flexibility index (Phi) is 14.3. The molecule has 3 aromatic rings. The summed E-state index contributed by atoms with van der Waals surface area (Å²) in [5.74, 6) is -3.65. The van der Waals surface area contributed by atoms with Gasteiger partial charge in [-0.15, -0.1) is 0 Å². The Morgan fingerprint density at radius 3 is 1.68 bits per heavy atom. The van der Waals surface area contributed by atoms with Gasteiger partial charge in [-0.1, -0.05) is 54.6 Å². The topological polar surface area (TPSA) is 295 Å². The van der Waals surface area contributed by atoms with Gasteiger partial charge in [-0.05, 0) is 59.7 Å². The van der Waals surface area contributed by atoms with E-state index in [0.29, 0.717) is 18.4 Å². The van der Waals surface area contributed by atoms with Crippen LogP contribution in [0.5, 0.6) is 5.75 Å².